The number of benzene rings is 3. The Kier molecular flexibility index (Phi) is 17.5. The first kappa shape index (κ1) is 20.4. The molecule has 0 amide bonds. The third-order valence-corrected chi connectivity index (χ3v) is 1.82. The van der Waals surface area contributed by atoms with Crippen molar-refractivity contribution in [1.29, 1.82) is 0 Å². The maximum Gasteiger partial charge on any atom is 0 e. The summed E-state index contributed by atoms with van der Waals surface area (Å²) < 4.78 is 0. The maximum absolute atomic E-state index is 2.89. The van der Waals surface area contributed by atoms with Gasteiger partial charge in [0, 0.05) is 17.1 Å². The van der Waals surface area contributed by atoms with Crippen molar-refractivity contribution in [3.05, 3.63) is 109 Å². The molecule has 0 heterocycles. The van der Waals surface area contributed by atoms with Gasteiger partial charge in [-0.15, -0.1) is 0 Å². The fourth-order valence-corrected chi connectivity index (χ4v) is 1.03. The molecule has 0 aliphatic heterocycles. The molecule has 0 aliphatic carbocycles. The van der Waals surface area contributed by atoms with Crippen molar-refractivity contribution in [2.24, 2.45) is 0 Å². The van der Waals surface area contributed by atoms with Gasteiger partial charge < -0.3 is 0 Å². The van der Waals surface area contributed by atoms with E-state index in [9.17, 15) is 0 Å². The molecule has 0 fully saturated rings. The Morgan fingerprint density at radius 1 is 0.350 bits per heavy atom. The predicted octanol–water partition coefficient (Wildman–Crippen LogP) is 4.61. The van der Waals surface area contributed by atoms with Crippen LogP contribution < -0.4 is 0 Å². The predicted molar refractivity (Wildman–Crippen MR) is 78.3 cm³/mol. The summed E-state index contributed by atoms with van der Waals surface area (Å²) in [6.45, 7) is 0. The molecular formula is C18H16CuF-3. The standard InChI is InChI=1S/3C6H5.Cu.FH/c3*1-2-4-6-5-3-1;;/h3*1-5H;;1H/q3*-1;;. The van der Waals surface area contributed by atoms with Crippen LogP contribution in [0.15, 0.2) is 91.0 Å². The maximum atomic E-state index is 2.89. The summed E-state index contributed by atoms with van der Waals surface area (Å²) in [6, 6.07) is 37.5. The van der Waals surface area contributed by atoms with Gasteiger partial charge in [-0.05, 0) is 0 Å². The van der Waals surface area contributed by atoms with E-state index in [0.29, 0.717) is 0 Å². The van der Waals surface area contributed by atoms with Gasteiger partial charge in [0.15, 0.2) is 0 Å². The SMILES string of the molecule is F.[Cu].[c-]1ccccc1.[c-]1ccccc1.[c-]1ccccc1. The molecular weight excluding hydrogens is 299 g/mol. The van der Waals surface area contributed by atoms with E-state index in [1.54, 1.807) is 0 Å². The van der Waals surface area contributed by atoms with Gasteiger partial charge in [0.05, 0.1) is 0 Å². The zero-order chi connectivity index (χ0) is 12.7. The first-order chi connectivity index (χ1) is 9.00. The van der Waals surface area contributed by atoms with Gasteiger partial charge in [-0.1, -0.05) is 0 Å². The summed E-state index contributed by atoms with van der Waals surface area (Å²) in [5.74, 6) is 0. The van der Waals surface area contributed by atoms with Crippen molar-refractivity contribution in [1.82, 2.24) is 0 Å². The van der Waals surface area contributed by atoms with Gasteiger partial charge >= 0.3 is 0 Å². The van der Waals surface area contributed by atoms with Crippen LogP contribution in [0.4, 0.5) is 4.70 Å². The van der Waals surface area contributed by atoms with E-state index in [2.05, 4.69) is 18.2 Å². The minimum Gasteiger partial charge on any atom is -0.269 e. The first-order valence-corrected chi connectivity index (χ1v) is 5.73. The first-order valence-electron chi connectivity index (χ1n) is 5.73. The average Bonchev–Trinajstić information content (AvgIpc) is 2.54. The molecule has 3 aromatic carbocycles. The molecule has 0 aliphatic rings. The van der Waals surface area contributed by atoms with Gasteiger partial charge in [-0.3, -0.25) is 4.70 Å². The Bertz CT molecular complexity index is 302. The smallest absolute Gasteiger partial charge is 0 e. The summed E-state index contributed by atoms with van der Waals surface area (Å²) in [5.41, 5.74) is 0. The van der Waals surface area contributed by atoms with E-state index in [1.807, 2.05) is 91.0 Å². The Morgan fingerprint density at radius 2 is 0.550 bits per heavy atom. The summed E-state index contributed by atoms with van der Waals surface area (Å²) >= 11 is 0. The Labute approximate surface area is 131 Å². The van der Waals surface area contributed by atoms with Gasteiger partial charge in [-0.25, -0.2) is 0 Å². The van der Waals surface area contributed by atoms with Crippen LogP contribution in [0.1, 0.15) is 0 Å². The van der Waals surface area contributed by atoms with Gasteiger partial charge in [0.1, 0.15) is 0 Å². The quantitative estimate of drug-likeness (QED) is 0.420. The number of rotatable bonds is 0. The summed E-state index contributed by atoms with van der Waals surface area (Å²) in [6.07, 6.45) is 0. The minimum absolute atomic E-state index is 0. The molecule has 2 heteroatoms. The van der Waals surface area contributed by atoms with Crippen LogP contribution in [0.25, 0.3) is 0 Å². The van der Waals surface area contributed by atoms with Crippen molar-refractivity contribution in [3.8, 4) is 0 Å². The van der Waals surface area contributed by atoms with Crippen LogP contribution in [-0.4, -0.2) is 0 Å². The minimum atomic E-state index is 0. The summed E-state index contributed by atoms with van der Waals surface area (Å²) in [5, 5.41) is 0. The zero-order valence-corrected chi connectivity index (χ0v) is 11.8. The topological polar surface area (TPSA) is 0 Å². The molecule has 0 atom stereocenters. The van der Waals surface area contributed by atoms with Crippen LogP contribution >= 0.6 is 0 Å². The van der Waals surface area contributed by atoms with E-state index >= 15 is 0 Å². The van der Waals surface area contributed by atoms with Crippen molar-refractivity contribution < 1.29 is 21.8 Å². The summed E-state index contributed by atoms with van der Waals surface area (Å²) in [4.78, 5) is 0. The third-order valence-electron chi connectivity index (χ3n) is 1.82. The Balaban J connectivity index is 0. The molecule has 20 heavy (non-hydrogen) atoms. The number of halogens is 1. The molecule has 0 spiro atoms. The number of hydrogen-bond acceptors (Lipinski definition) is 0. The van der Waals surface area contributed by atoms with Crippen molar-refractivity contribution in [2.75, 3.05) is 0 Å². The molecule has 0 unspecified atom stereocenters. The van der Waals surface area contributed by atoms with Crippen LogP contribution in [0, 0.1) is 18.2 Å². The molecule has 0 N–H and O–H groups in total. The Hall–Kier alpha value is -1.89. The second kappa shape index (κ2) is 17.1. The fourth-order valence-electron chi connectivity index (χ4n) is 1.03. The van der Waals surface area contributed by atoms with Gasteiger partial charge in [0.2, 0.25) is 0 Å². The Morgan fingerprint density at radius 3 is 0.600 bits per heavy atom. The van der Waals surface area contributed by atoms with Crippen molar-refractivity contribution >= 4 is 0 Å². The van der Waals surface area contributed by atoms with Crippen LogP contribution in [0.2, 0.25) is 0 Å². The molecule has 109 valence electrons. The second-order valence-electron chi connectivity index (χ2n) is 3.23. The summed E-state index contributed by atoms with van der Waals surface area (Å²) in [7, 11) is 0. The van der Waals surface area contributed by atoms with E-state index in [-0.39, 0.29) is 21.8 Å². The molecule has 1 radical (unpaired) electrons. The molecule has 0 bridgehead atoms. The van der Waals surface area contributed by atoms with Crippen LogP contribution in [0.5, 0.6) is 0 Å². The van der Waals surface area contributed by atoms with Gasteiger partial charge in [0.25, 0.3) is 0 Å². The monoisotopic (exact) mass is 314 g/mol. The third kappa shape index (κ3) is 14.2. The molecule has 0 saturated heterocycles. The molecule has 3 aromatic rings. The molecule has 0 saturated carbocycles. The van der Waals surface area contributed by atoms with Crippen LogP contribution in [-0.2, 0) is 17.1 Å². The second-order valence-corrected chi connectivity index (χ2v) is 3.23. The number of hydrogen-bond donors (Lipinski definition) is 0. The van der Waals surface area contributed by atoms with Crippen molar-refractivity contribution in [2.45, 2.75) is 0 Å². The fraction of sp³-hybridized carbons (Fsp3) is 0. The average molecular weight is 315 g/mol. The van der Waals surface area contributed by atoms with Crippen molar-refractivity contribution in [3.63, 3.8) is 0 Å². The molecule has 0 aromatic heterocycles. The largest absolute Gasteiger partial charge is 0.269 e. The van der Waals surface area contributed by atoms with E-state index in [0.717, 1.165) is 0 Å². The van der Waals surface area contributed by atoms with E-state index in [1.165, 1.54) is 0 Å². The van der Waals surface area contributed by atoms with Crippen LogP contribution in [0.3, 0.4) is 0 Å². The van der Waals surface area contributed by atoms with Gasteiger partial charge in [-0.2, -0.15) is 109 Å². The molecule has 0 nitrogen and oxygen atoms in total. The van der Waals surface area contributed by atoms with E-state index < -0.39 is 0 Å². The molecule has 3 rings (SSSR count). The normalized spacial score (nSPS) is 7.20. The zero-order valence-electron chi connectivity index (χ0n) is 10.9. The van der Waals surface area contributed by atoms with E-state index in [4.69, 9.17) is 0 Å².